The molecule has 8 heteroatoms. The van der Waals surface area contributed by atoms with Crippen LogP contribution < -0.4 is 0 Å². The van der Waals surface area contributed by atoms with Crippen LogP contribution in [-0.2, 0) is 6.42 Å². The average molecular weight is 344 g/mol. The zero-order chi connectivity index (χ0) is 13.8. The molecule has 1 rings (SSSR count). The first-order chi connectivity index (χ1) is 8.35. The van der Waals surface area contributed by atoms with Gasteiger partial charge >= 0.3 is 5.51 Å². The van der Waals surface area contributed by atoms with Crippen molar-refractivity contribution < 1.29 is 18.1 Å². The molecular weight excluding hydrogens is 335 g/mol. The van der Waals surface area contributed by atoms with Crippen molar-refractivity contribution >= 4 is 33.4 Å². The fourth-order valence-electron chi connectivity index (χ4n) is 1.40. The summed E-state index contributed by atoms with van der Waals surface area (Å²) in [5.74, 6) is 0. The van der Waals surface area contributed by atoms with E-state index in [1.807, 2.05) is 0 Å². The van der Waals surface area contributed by atoms with Gasteiger partial charge in [0.25, 0.3) is 5.69 Å². The van der Waals surface area contributed by atoms with Crippen molar-refractivity contribution in [1.82, 2.24) is 0 Å². The van der Waals surface area contributed by atoms with Gasteiger partial charge in [0.05, 0.1) is 9.82 Å². The van der Waals surface area contributed by atoms with Gasteiger partial charge in [0.15, 0.2) is 0 Å². The summed E-state index contributed by atoms with van der Waals surface area (Å²) in [7, 11) is 0. The minimum atomic E-state index is -4.53. The van der Waals surface area contributed by atoms with E-state index >= 15 is 0 Å². The van der Waals surface area contributed by atoms with Crippen LogP contribution in [-0.4, -0.2) is 15.8 Å². The Morgan fingerprint density at radius 1 is 1.39 bits per heavy atom. The lowest BCUT2D eigenvalue weighted by Crippen LogP contribution is -2.04. The highest BCUT2D eigenvalue weighted by Crippen LogP contribution is 2.43. The summed E-state index contributed by atoms with van der Waals surface area (Å²) in [5, 5.41) is 11.4. The van der Waals surface area contributed by atoms with Crippen molar-refractivity contribution in [2.75, 3.05) is 5.33 Å². The van der Waals surface area contributed by atoms with Gasteiger partial charge in [-0.2, -0.15) is 13.2 Å². The molecule has 0 spiro atoms. The van der Waals surface area contributed by atoms with E-state index in [1.165, 1.54) is 12.1 Å². The quantitative estimate of drug-likeness (QED) is 0.341. The summed E-state index contributed by atoms with van der Waals surface area (Å²) < 4.78 is 37.3. The number of rotatable bonds is 5. The minimum absolute atomic E-state index is 0.309. The molecule has 3 nitrogen and oxygen atoms in total. The predicted octanol–water partition coefficient (Wildman–Crippen LogP) is 4.53. The summed E-state index contributed by atoms with van der Waals surface area (Å²) in [6.07, 6.45) is 0.984. The number of hydrogen-bond acceptors (Lipinski definition) is 3. The Balaban J connectivity index is 3.16. The topological polar surface area (TPSA) is 43.1 Å². The molecule has 1 aromatic rings. The first kappa shape index (κ1) is 15.3. The van der Waals surface area contributed by atoms with Crippen LogP contribution in [0.3, 0.4) is 0 Å². The number of nitrogens with zero attached hydrogens (tertiary/aromatic N) is 1. The van der Waals surface area contributed by atoms with Crippen LogP contribution in [0.15, 0.2) is 23.1 Å². The predicted molar refractivity (Wildman–Crippen MR) is 67.1 cm³/mol. The van der Waals surface area contributed by atoms with Crippen LogP contribution in [0.4, 0.5) is 18.9 Å². The lowest BCUT2D eigenvalue weighted by Gasteiger charge is -2.11. The summed E-state index contributed by atoms with van der Waals surface area (Å²) in [6, 6.07) is 3.98. The van der Waals surface area contributed by atoms with E-state index in [2.05, 4.69) is 15.9 Å². The van der Waals surface area contributed by atoms with Gasteiger partial charge < -0.3 is 0 Å². The lowest BCUT2D eigenvalue weighted by atomic mass is 10.1. The number of benzene rings is 1. The Kier molecular flexibility index (Phi) is 5.46. The molecule has 0 aliphatic rings. The van der Waals surface area contributed by atoms with E-state index in [0.717, 1.165) is 6.07 Å². The Morgan fingerprint density at radius 2 is 2.06 bits per heavy atom. The van der Waals surface area contributed by atoms with Crippen molar-refractivity contribution in [2.24, 2.45) is 0 Å². The molecule has 0 amide bonds. The van der Waals surface area contributed by atoms with Gasteiger partial charge in [-0.05, 0) is 30.2 Å². The maximum atomic E-state index is 12.4. The largest absolute Gasteiger partial charge is 0.446 e. The van der Waals surface area contributed by atoms with Crippen LogP contribution >= 0.6 is 27.7 Å². The van der Waals surface area contributed by atoms with Gasteiger partial charge in [-0.1, -0.05) is 28.1 Å². The number of nitro benzene ring substituents is 1. The Hall–Kier alpha value is -0.760. The fraction of sp³-hybridized carbons (Fsp3) is 0.400. The smallest absolute Gasteiger partial charge is 0.258 e. The zero-order valence-electron chi connectivity index (χ0n) is 9.04. The van der Waals surface area contributed by atoms with E-state index in [9.17, 15) is 23.3 Å². The highest BCUT2D eigenvalue weighted by Gasteiger charge is 2.34. The standard InChI is InChI=1S/C10H9BrF3NO2S/c11-6-2-4-7-3-1-5-8(15(16)17)9(7)18-10(12,13)14/h1,3,5H,2,4,6H2. The molecule has 0 aliphatic heterocycles. The normalized spacial score (nSPS) is 11.6. The van der Waals surface area contributed by atoms with E-state index in [1.54, 1.807) is 0 Å². The second kappa shape index (κ2) is 6.42. The van der Waals surface area contributed by atoms with E-state index in [0.29, 0.717) is 23.7 Å². The van der Waals surface area contributed by atoms with E-state index in [-0.39, 0.29) is 4.90 Å². The van der Waals surface area contributed by atoms with Crippen LogP contribution in [0.1, 0.15) is 12.0 Å². The van der Waals surface area contributed by atoms with Gasteiger partial charge in [-0.3, -0.25) is 10.1 Å². The van der Waals surface area contributed by atoms with Crippen molar-refractivity contribution in [3.8, 4) is 0 Å². The third kappa shape index (κ3) is 4.49. The molecule has 0 radical (unpaired) electrons. The SMILES string of the molecule is O=[N+]([O-])c1cccc(CCCBr)c1SC(F)(F)F. The summed E-state index contributed by atoms with van der Waals surface area (Å²) in [6.45, 7) is 0. The van der Waals surface area contributed by atoms with Gasteiger partial charge in [-0.25, -0.2) is 0 Å². The second-order valence-electron chi connectivity index (χ2n) is 3.36. The molecule has 18 heavy (non-hydrogen) atoms. The molecule has 0 saturated heterocycles. The molecule has 0 N–H and O–H groups in total. The molecule has 1 aromatic carbocycles. The Morgan fingerprint density at radius 3 is 2.56 bits per heavy atom. The average Bonchev–Trinajstić information content (AvgIpc) is 2.25. The van der Waals surface area contributed by atoms with Crippen LogP contribution in [0.25, 0.3) is 0 Å². The lowest BCUT2D eigenvalue weighted by molar-refractivity contribution is -0.387. The van der Waals surface area contributed by atoms with Crippen LogP contribution in [0.2, 0.25) is 0 Å². The monoisotopic (exact) mass is 343 g/mol. The Bertz CT molecular complexity index is 440. The highest BCUT2D eigenvalue weighted by molar-refractivity contribution is 9.09. The first-order valence-corrected chi connectivity index (χ1v) is 6.87. The van der Waals surface area contributed by atoms with Gasteiger partial charge in [0, 0.05) is 11.4 Å². The fourth-order valence-corrected chi connectivity index (χ4v) is 2.46. The number of nitro groups is 1. The van der Waals surface area contributed by atoms with Crippen LogP contribution in [0, 0.1) is 10.1 Å². The van der Waals surface area contributed by atoms with Crippen LogP contribution in [0.5, 0.6) is 0 Å². The maximum absolute atomic E-state index is 12.4. The molecule has 0 saturated carbocycles. The maximum Gasteiger partial charge on any atom is 0.446 e. The number of halogens is 4. The van der Waals surface area contributed by atoms with Gasteiger partial charge in [0.1, 0.15) is 0 Å². The molecule has 0 atom stereocenters. The summed E-state index contributed by atoms with van der Waals surface area (Å²) in [5.41, 5.74) is -4.68. The number of hydrogen-bond donors (Lipinski definition) is 0. The van der Waals surface area contributed by atoms with Crippen molar-refractivity contribution in [3.63, 3.8) is 0 Å². The third-order valence-corrected chi connectivity index (χ3v) is 3.54. The van der Waals surface area contributed by atoms with Gasteiger partial charge in [-0.15, -0.1) is 0 Å². The molecule has 0 bridgehead atoms. The van der Waals surface area contributed by atoms with E-state index in [4.69, 9.17) is 0 Å². The number of alkyl halides is 4. The highest BCUT2D eigenvalue weighted by atomic mass is 79.9. The molecule has 0 aromatic heterocycles. The molecule has 0 heterocycles. The van der Waals surface area contributed by atoms with E-state index < -0.39 is 27.9 Å². The molecule has 0 fully saturated rings. The Labute approximate surface area is 114 Å². The van der Waals surface area contributed by atoms with Crippen molar-refractivity contribution in [1.29, 1.82) is 0 Å². The molecular formula is C10H9BrF3NO2S. The number of aryl methyl sites for hydroxylation is 1. The second-order valence-corrected chi connectivity index (χ2v) is 5.23. The molecule has 0 aliphatic carbocycles. The van der Waals surface area contributed by atoms with Crippen molar-refractivity contribution in [3.05, 3.63) is 33.9 Å². The minimum Gasteiger partial charge on any atom is -0.258 e. The summed E-state index contributed by atoms with van der Waals surface area (Å²) >= 11 is 2.75. The summed E-state index contributed by atoms with van der Waals surface area (Å²) in [4.78, 5) is 9.65. The first-order valence-electron chi connectivity index (χ1n) is 4.93. The molecule has 0 unspecified atom stereocenters. The van der Waals surface area contributed by atoms with Crippen molar-refractivity contribution in [2.45, 2.75) is 23.2 Å². The number of thioether (sulfide) groups is 1. The zero-order valence-corrected chi connectivity index (χ0v) is 11.4. The van der Waals surface area contributed by atoms with Gasteiger partial charge in [0.2, 0.25) is 0 Å². The third-order valence-electron chi connectivity index (χ3n) is 2.07. The molecule has 100 valence electrons.